The molecule has 2 aromatic heterocycles. The molecule has 0 amide bonds. The van der Waals surface area contributed by atoms with E-state index in [0.717, 1.165) is 40.0 Å². The largest absolute Gasteiger partial charge is 0.372 e. The van der Waals surface area contributed by atoms with Gasteiger partial charge >= 0.3 is 0 Å². The van der Waals surface area contributed by atoms with E-state index in [-0.39, 0.29) is 12.2 Å². The molecule has 2 N–H and O–H groups in total. The van der Waals surface area contributed by atoms with Crippen LogP contribution in [0.15, 0.2) is 18.3 Å². The number of nitrogens with zero attached hydrogens (tertiary/aromatic N) is 3. The van der Waals surface area contributed by atoms with Gasteiger partial charge in [0.2, 0.25) is 0 Å². The minimum absolute atomic E-state index is 0.221. The Hall–Kier alpha value is -1.50. The number of anilines is 1. The van der Waals surface area contributed by atoms with Gasteiger partial charge in [0, 0.05) is 37.1 Å². The highest BCUT2D eigenvalue weighted by atomic mass is 32.1. The Labute approximate surface area is 135 Å². The number of pyridine rings is 1. The van der Waals surface area contributed by atoms with Crippen molar-refractivity contribution < 1.29 is 4.74 Å². The van der Waals surface area contributed by atoms with Gasteiger partial charge in [-0.05, 0) is 26.8 Å². The second-order valence-electron chi connectivity index (χ2n) is 5.83. The molecule has 1 fully saturated rings. The number of aromatic nitrogens is 2. The number of aryl methyl sites for hydroxylation is 1. The first-order chi connectivity index (χ1) is 10.6. The van der Waals surface area contributed by atoms with Crippen LogP contribution >= 0.6 is 11.3 Å². The lowest BCUT2D eigenvalue weighted by atomic mass is 10.2. The molecule has 5 nitrogen and oxygen atoms in total. The third-order valence-corrected chi connectivity index (χ3v) is 4.95. The van der Waals surface area contributed by atoms with E-state index in [0.29, 0.717) is 6.54 Å². The van der Waals surface area contributed by atoms with Gasteiger partial charge in [0.15, 0.2) is 5.13 Å². The second-order valence-corrected chi connectivity index (χ2v) is 6.80. The molecule has 0 bridgehead atoms. The van der Waals surface area contributed by atoms with Gasteiger partial charge in [-0.2, -0.15) is 0 Å². The lowest BCUT2D eigenvalue weighted by molar-refractivity contribution is -0.00523. The fourth-order valence-corrected chi connectivity index (χ4v) is 3.88. The molecule has 2 atom stereocenters. The quantitative estimate of drug-likeness (QED) is 0.942. The van der Waals surface area contributed by atoms with E-state index in [1.807, 2.05) is 19.2 Å². The van der Waals surface area contributed by atoms with Gasteiger partial charge in [-0.15, -0.1) is 0 Å². The highest BCUT2D eigenvalue weighted by molar-refractivity contribution is 7.19. The highest BCUT2D eigenvalue weighted by Gasteiger charge is 2.25. The fraction of sp³-hybridized carbons (Fsp3) is 0.500. The average Bonchev–Trinajstić information content (AvgIpc) is 2.91. The molecule has 3 heterocycles. The number of hydrogen-bond donors (Lipinski definition) is 1. The number of hydrogen-bond acceptors (Lipinski definition) is 6. The van der Waals surface area contributed by atoms with Gasteiger partial charge in [0.1, 0.15) is 0 Å². The van der Waals surface area contributed by atoms with Crippen molar-refractivity contribution in [3.8, 4) is 10.4 Å². The molecule has 0 radical (unpaired) electrons. The minimum atomic E-state index is 0.221. The molecule has 1 aliphatic heterocycles. The lowest BCUT2D eigenvalue weighted by Crippen LogP contribution is -2.45. The minimum Gasteiger partial charge on any atom is -0.372 e. The lowest BCUT2D eigenvalue weighted by Gasteiger charge is -2.35. The molecule has 0 aliphatic carbocycles. The number of ether oxygens (including phenoxy) is 1. The Kier molecular flexibility index (Phi) is 4.42. The second kappa shape index (κ2) is 6.32. The zero-order chi connectivity index (χ0) is 15.7. The van der Waals surface area contributed by atoms with Crippen LogP contribution in [-0.2, 0) is 11.3 Å². The van der Waals surface area contributed by atoms with Gasteiger partial charge in [-0.1, -0.05) is 17.4 Å². The summed E-state index contributed by atoms with van der Waals surface area (Å²) in [6, 6.07) is 4.11. The highest BCUT2D eigenvalue weighted by Crippen LogP contribution is 2.35. The van der Waals surface area contributed by atoms with Crippen molar-refractivity contribution >= 4 is 16.5 Å². The van der Waals surface area contributed by atoms with Crippen LogP contribution in [0.1, 0.15) is 25.2 Å². The van der Waals surface area contributed by atoms with Crippen LogP contribution in [0.25, 0.3) is 10.4 Å². The Bertz CT molecular complexity index is 630. The molecule has 2 unspecified atom stereocenters. The van der Waals surface area contributed by atoms with Crippen LogP contribution in [0.5, 0.6) is 0 Å². The van der Waals surface area contributed by atoms with Crippen molar-refractivity contribution in [2.45, 2.75) is 39.5 Å². The third-order valence-electron chi connectivity index (χ3n) is 3.74. The molecule has 1 aliphatic rings. The molecule has 3 rings (SSSR count). The Morgan fingerprint density at radius 3 is 2.64 bits per heavy atom. The Morgan fingerprint density at radius 2 is 2.05 bits per heavy atom. The summed E-state index contributed by atoms with van der Waals surface area (Å²) in [5.41, 5.74) is 8.94. The van der Waals surface area contributed by atoms with Crippen molar-refractivity contribution in [2.75, 3.05) is 18.0 Å². The molecule has 1 saturated heterocycles. The topological polar surface area (TPSA) is 64.3 Å². The maximum absolute atomic E-state index is 5.90. The van der Waals surface area contributed by atoms with Crippen molar-refractivity contribution in [3.63, 3.8) is 0 Å². The normalized spacial score (nSPS) is 22.1. The van der Waals surface area contributed by atoms with Gasteiger partial charge < -0.3 is 15.4 Å². The molecule has 6 heteroatoms. The maximum atomic E-state index is 5.90. The van der Waals surface area contributed by atoms with E-state index in [2.05, 4.69) is 29.8 Å². The van der Waals surface area contributed by atoms with Crippen molar-refractivity contribution in [3.05, 3.63) is 29.7 Å². The van der Waals surface area contributed by atoms with Crippen molar-refractivity contribution in [1.29, 1.82) is 0 Å². The van der Waals surface area contributed by atoms with Gasteiger partial charge in [0.05, 0.1) is 22.8 Å². The van der Waals surface area contributed by atoms with E-state index >= 15 is 0 Å². The van der Waals surface area contributed by atoms with Crippen molar-refractivity contribution in [1.82, 2.24) is 9.97 Å². The molecular weight excluding hydrogens is 296 g/mol. The summed E-state index contributed by atoms with van der Waals surface area (Å²) in [7, 11) is 0. The van der Waals surface area contributed by atoms with Gasteiger partial charge in [-0.25, -0.2) is 4.98 Å². The monoisotopic (exact) mass is 318 g/mol. The van der Waals surface area contributed by atoms with Crippen LogP contribution < -0.4 is 10.6 Å². The first-order valence-corrected chi connectivity index (χ1v) is 8.41. The van der Waals surface area contributed by atoms with Crippen LogP contribution in [0, 0.1) is 6.92 Å². The predicted octanol–water partition coefficient (Wildman–Crippen LogP) is 2.59. The van der Waals surface area contributed by atoms with Crippen LogP contribution in [0.3, 0.4) is 0 Å². The molecule has 0 spiro atoms. The molecule has 2 aromatic rings. The summed E-state index contributed by atoms with van der Waals surface area (Å²) in [6.45, 7) is 8.37. The Balaban J connectivity index is 1.92. The van der Waals surface area contributed by atoms with E-state index in [1.54, 1.807) is 11.3 Å². The molecule has 0 saturated carbocycles. The summed E-state index contributed by atoms with van der Waals surface area (Å²) in [6.07, 6.45) is 2.34. The number of nitrogens with two attached hydrogens (primary N) is 1. The number of rotatable bonds is 3. The average molecular weight is 318 g/mol. The van der Waals surface area contributed by atoms with Gasteiger partial charge in [0.25, 0.3) is 0 Å². The first-order valence-electron chi connectivity index (χ1n) is 7.60. The first kappa shape index (κ1) is 15.4. The molecule has 118 valence electrons. The Morgan fingerprint density at radius 1 is 1.32 bits per heavy atom. The zero-order valence-corrected chi connectivity index (χ0v) is 14.1. The molecule has 0 aromatic carbocycles. The molecule has 22 heavy (non-hydrogen) atoms. The van der Waals surface area contributed by atoms with Crippen LogP contribution in [0.4, 0.5) is 5.13 Å². The smallest absolute Gasteiger partial charge is 0.186 e. The van der Waals surface area contributed by atoms with E-state index in [4.69, 9.17) is 15.5 Å². The maximum Gasteiger partial charge on any atom is 0.186 e. The summed E-state index contributed by atoms with van der Waals surface area (Å²) >= 11 is 1.69. The predicted molar refractivity (Wildman–Crippen MR) is 90.2 cm³/mol. The van der Waals surface area contributed by atoms with Crippen LogP contribution in [-0.4, -0.2) is 35.3 Å². The van der Waals surface area contributed by atoms with E-state index in [1.165, 1.54) is 0 Å². The van der Waals surface area contributed by atoms with Gasteiger partial charge in [-0.3, -0.25) is 4.98 Å². The third kappa shape index (κ3) is 3.14. The number of morpholine rings is 1. The SMILES string of the molecule is Cc1ccc(-c2sc(N3CC(C)OC(C)C3)nc2CN)cn1. The summed E-state index contributed by atoms with van der Waals surface area (Å²) in [4.78, 5) is 12.6. The summed E-state index contributed by atoms with van der Waals surface area (Å²) in [5.74, 6) is 0. The van der Waals surface area contributed by atoms with Crippen molar-refractivity contribution in [2.24, 2.45) is 5.73 Å². The fourth-order valence-electron chi connectivity index (χ4n) is 2.77. The number of thiazole rings is 1. The van der Waals surface area contributed by atoms with E-state index in [9.17, 15) is 0 Å². The molecular formula is C16H22N4OS. The van der Waals surface area contributed by atoms with Crippen LogP contribution in [0.2, 0.25) is 0 Å². The standard InChI is InChI=1S/C16H22N4OS/c1-10-4-5-13(7-18-10)15-14(6-17)19-16(22-15)20-8-11(2)21-12(3)9-20/h4-5,7,11-12H,6,8-9,17H2,1-3H3. The van der Waals surface area contributed by atoms with E-state index < -0.39 is 0 Å². The summed E-state index contributed by atoms with van der Waals surface area (Å²) < 4.78 is 5.80. The zero-order valence-electron chi connectivity index (χ0n) is 13.2. The summed E-state index contributed by atoms with van der Waals surface area (Å²) in [5, 5.41) is 1.03.